The highest BCUT2D eigenvalue weighted by Gasteiger charge is 2.20. The van der Waals surface area contributed by atoms with E-state index >= 15 is 0 Å². The van der Waals surface area contributed by atoms with Crippen molar-refractivity contribution in [1.29, 1.82) is 0 Å². The molecule has 0 amide bonds. The van der Waals surface area contributed by atoms with Gasteiger partial charge in [0, 0.05) is 25.1 Å². The van der Waals surface area contributed by atoms with Crippen LogP contribution in [0.1, 0.15) is 12.8 Å². The molecule has 0 radical (unpaired) electrons. The van der Waals surface area contributed by atoms with E-state index < -0.39 is 20.9 Å². The molecule has 1 rings (SSSR count). The summed E-state index contributed by atoms with van der Waals surface area (Å²) in [5.41, 5.74) is -0.320. The van der Waals surface area contributed by atoms with Crippen molar-refractivity contribution in [3.8, 4) is 0 Å². The zero-order valence-corrected chi connectivity index (χ0v) is 11.6. The average molecular weight is 323 g/mol. The molecule has 1 aromatic rings. The maximum absolute atomic E-state index is 11.9. The van der Waals surface area contributed by atoms with Gasteiger partial charge in [0.15, 0.2) is 0 Å². The number of halogens is 1. The third-order valence-corrected chi connectivity index (χ3v) is 4.22. The molecule has 0 aromatic heterocycles. The highest BCUT2D eigenvalue weighted by atomic mass is 35.5. The summed E-state index contributed by atoms with van der Waals surface area (Å²) in [6, 6.07) is 2.99. The average Bonchev–Trinajstić information content (AvgIpc) is 2.34. The second kappa shape index (κ2) is 6.64. The summed E-state index contributed by atoms with van der Waals surface area (Å²) in [6.45, 7) is -0.0675. The van der Waals surface area contributed by atoms with Gasteiger partial charge < -0.3 is 5.11 Å². The monoisotopic (exact) mass is 322 g/mol. The molecule has 8 nitrogen and oxygen atoms in total. The third kappa shape index (κ3) is 4.44. The Morgan fingerprint density at radius 1 is 1.45 bits per heavy atom. The Morgan fingerprint density at radius 2 is 2.10 bits per heavy atom. The number of sulfonamides is 1. The Bertz CT molecular complexity index is 631. The molecule has 0 unspecified atom stereocenters. The minimum absolute atomic E-state index is 0.0675. The molecule has 0 heterocycles. The Labute approximate surface area is 119 Å². The molecule has 0 atom stereocenters. The van der Waals surface area contributed by atoms with Gasteiger partial charge in [0.05, 0.1) is 9.95 Å². The van der Waals surface area contributed by atoms with E-state index in [4.69, 9.17) is 16.7 Å². The van der Waals surface area contributed by atoms with E-state index in [1.54, 1.807) is 0 Å². The summed E-state index contributed by atoms with van der Waals surface area (Å²) in [6.07, 6.45) is -0.0460. The van der Waals surface area contributed by atoms with Crippen LogP contribution in [0.4, 0.5) is 5.69 Å². The molecule has 20 heavy (non-hydrogen) atoms. The van der Waals surface area contributed by atoms with Gasteiger partial charge in [-0.2, -0.15) is 0 Å². The fraction of sp³-hybridized carbons (Fsp3) is 0.300. The van der Waals surface area contributed by atoms with E-state index in [9.17, 15) is 23.3 Å². The van der Waals surface area contributed by atoms with E-state index in [1.807, 2.05) is 0 Å². The van der Waals surface area contributed by atoms with Gasteiger partial charge in [-0.3, -0.25) is 14.9 Å². The van der Waals surface area contributed by atoms with Gasteiger partial charge in [-0.05, 0) is 12.5 Å². The van der Waals surface area contributed by atoms with Crippen molar-refractivity contribution in [2.24, 2.45) is 0 Å². The van der Waals surface area contributed by atoms with Crippen LogP contribution in [-0.4, -0.2) is 31.0 Å². The Balaban J connectivity index is 2.82. The van der Waals surface area contributed by atoms with Crippen molar-refractivity contribution >= 4 is 33.3 Å². The standard InChI is InChI=1S/C10H11ClN2O6S/c11-8-6-7(13(16)17)3-4-9(8)20(18,19)12-5-1-2-10(14)15/h3-4,6,12H,1-2,5H2,(H,14,15). The first-order valence-corrected chi connectivity index (χ1v) is 7.25. The lowest BCUT2D eigenvalue weighted by molar-refractivity contribution is -0.384. The van der Waals surface area contributed by atoms with Crippen LogP contribution in [0.15, 0.2) is 23.1 Å². The molecule has 0 aliphatic carbocycles. The van der Waals surface area contributed by atoms with Crippen LogP contribution >= 0.6 is 11.6 Å². The fourth-order valence-corrected chi connectivity index (χ4v) is 2.96. The lowest BCUT2D eigenvalue weighted by atomic mass is 10.3. The summed E-state index contributed by atoms with van der Waals surface area (Å²) in [4.78, 5) is 19.8. The number of nitrogens with zero attached hydrogens (tertiary/aromatic N) is 1. The van der Waals surface area contributed by atoms with Crippen LogP contribution in [0.2, 0.25) is 5.02 Å². The zero-order chi connectivity index (χ0) is 15.3. The molecule has 0 aliphatic heterocycles. The number of hydrogen-bond donors (Lipinski definition) is 2. The minimum Gasteiger partial charge on any atom is -0.481 e. The molecular weight excluding hydrogens is 312 g/mol. The minimum atomic E-state index is -3.93. The van der Waals surface area contributed by atoms with Crippen molar-refractivity contribution in [2.45, 2.75) is 17.7 Å². The first kappa shape index (κ1) is 16.3. The summed E-state index contributed by atoms with van der Waals surface area (Å²) < 4.78 is 25.9. The first-order chi connectivity index (χ1) is 9.24. The van der Waals surface area contributed by atoms with Gasteiger partial charge in [-0.1, -0.05) is 11.6 Å². The number of carbonyl (C=O) groups is 1. The molecule has 110 valence electrons. The predicted octanol–water partition coefficient (Wildman–Crippen LogP) is 1.39. The van der Waals surface area contributed by atoms with E-state index in [0.717, 1.165) is 18.2 Å². The number of carboxylic acids is 1. The van der Waals surface area contributed by atoms with Crippen LogP contribution in [0, 0.1) is 10.1 Å². The summed E-state index contributed by atoms with van der Waals surface area (Å²) in [5.74, 6) is -1.03. The molecule has 0 saturated carbocycles. The number of benzene rings is 1. The zero-order valence-electron chi connectivity index (χ0n) is 10.1. The molecule has 0 bridgehead atoms. The smallest absolute Gasteiger partial charge is 0.303 e. The van der Waals surface area contributed by atoms with Crippen LogP contribution in [-0.2, 0) is 14.8 Å². The Kier molecular flexibility index (Phi) is 5.43. The van der Waals surface area contributed by atoms with E-state index in [-0.39, 0.29) is 35.0 Å². The quantitative estimate of drug-likeness (QED) is 0.443. The maximum atomic E-state index is 11.9. The highest BCUT2D eigenvalue weighted by molar-refractivity contribution is 7.89. The number of nitro groups is 1. The lowest BCUT2D eigenvalue weighted by Gasteiger charge is -2.07. The fourth-order valence-electron chi connectivity index (χ4n) is 1.35. The number of hydrogen-bond acceptors (Lipinski definition) is 5. The van der Waals surface area contributed by atoms with Gasteiger partial charge in [0.1, 0.15) is 4.90 Å². The largest absolute Gasteiger partial charge is 0.481 e. The Hall–Kier alpha value is -1.71. The lowest BCUT2D eigenvalue weighted by Crippen LogP contribution is -2.25. The topological polar surface area (TPSA) is 127 Å². The maximum Gasteiger partial charge on any atom is 0.303 e. The Morgan fingerprint density at radius 3 is 2.60 bits per heavy atom. The predicted molar refractivity (Wildman–Crippen MR) is 70.2 cm³/mol. The summed E-state index contributed by atoms with van der Waals surface area (Å²) >= 11 is 5.70. The van der Waals surface area contributed by atoms with Crippen LogP contribution in [0.25, 0.3) is 0 Å². The highest BCUT2D eigenvalue weighted by Crippen LogP contribution is 2.25. The van der Waals surface area contributed by atoms with Crippen molar-refractivity contribution < 1.29 is 23.2 Å². The van der Waals surface area contributed by atoms with Crippen molar-refractivity contribution in [1.82, 2.24) is 4.72 Å². The van der Waals surface area contributed by atoms with Gasteiger partial charge >= 0.3 is 5.97 Å². The van der Waals surface area contributed by atoms with Gasteiger partial charge in [-0.15, -0.1) is 0 Å². The van der Waals surface area contributed by atoms with Crippen LogP contribution in [0.3, 0.4) is 0 Å². The second-order valence-electron chi connectivity index (χ2n) is 3.77. The molecule has 2 N–H and O–H groups in total. The number of nitro benzene ring substituents is 1. The second-order valence-corrected chi connectivity index (χ2v) is 5.91. The molecule has 10 heteroatoms. The third-order valence-electron chi connectivity index (χ3n) is 2.28. The summed E-state index contributed by atoms with van der Waals surface area (Å²) in [7, 11) is -3.93. The van der Waals surface area contributed by atoms with Crippen LogP contribution in [0.5, 0.6) is 0 Å². The number of nitrogens with one attached hydrogen (secondary N) is 1. The SMILES string of the molecule is O=C(O)CCCNS(=O)(=O)c1ccc([N+](=O)[O-])cc1Cl. The van der Waals surface area contributed by atoms with E-state index in [2.05, 4.69) is 4.72 Å². The number of rotatable bonds is 7. The number of carboxylic acid groups (broad SMARTS) is 1. The molecule has 0 fully saturated rings. The van der Waals surface area contributed by atoms with Crippen molar-refractivity contribution in [3.63, 3.8) is 0 Å². The van der Waals surface area contributed by atoms with Gasteiger partial charge in [-0.25, -0.2) is 13.1 Å². The van der Waals surface area contributed by atoms with Crippen LogP contribution < -0.4 is 4.72 Å². The van der Waals surface area contributed by atoms with Crippen molar-refractivity contribution in [3.05, 3.63) is 33.3 Å². The van der Waals surface area contributed by atoms with E-state index in [1.165, 1.54) is 0 Å². The van der Waals surface area contributed by atoms with Crippen molar-refractivity contribution in [2.75, 3.05) is 6.54 Å². The first-order valence-electron chi connectivity index (χ1n) is 5.39. The van der Waals surface area contributed by atoms with Gasteiger partial charge in [0.2, 0.25) is 10.0 Å². The molecule has 0 spiro atoms. The number of non-ortho nitro benzene ring substituents is 1. The number of aliphatic carboxylic acids is 1. The normalized spacial score (nSPS) is 11.2. The molecule has 0 aliphatic rings. The molecule has 1 aromatic carbocycles. The van der Waals surface area contributed by atoms with E-state index in [0.29, 0.717) is 0 Å². The van der Waals surface area contributed by atoms with Gasteiger partial charge in [0.25, 0.3) is 5.69 Å². The molecular formula is C10H11ClN2O6S. The summed E-state index contributed by atoms with van der Waals surface area (Å²) in [5, 5.41) is 18.7. The molecule has 0 saturated heterocycles.